The molecule has 1 N–H and O–H groups in total. The molecule has 0 bridgehead atoms. The van der Waals surface area contributed by atoms with Gasteiger partial charge in [0.1, 0.15) is 0 Å². The van der Waals surface area contributed by atoms with Crippen LogP contribution in [0.2, 0.25) is 0 Å². The number of carbonyl (C=O) groups is 2. The van der Waals surface area contributed by atoms with Crippen LogP contribution in [0.4, 0.5) is 5.69 Å². The van der Waals surface area contributed by atoms with Gasteiger partial charge >= 0.3 is 0 Å². The van der Waals surface area contributed by atoms with E-state index in [0.29, 0.717) is 12.6 Å². The van der Waals surface area contributed by atoms with E-state index in [-0.39, 0.29) is 18.4 Å². The molecule has 1 fully saturated rings. The van der Waals surface area contributed by atoms with E-state index in [1.807, 2.05) is 48.0 Å². The largest absolute Gasteiger partial charge is 0.342 e. The van der Waals surface area contributed by atoms with Crippen LogP contribution >= 0.6 is 0 Å². The first-order valence-corrected chi connectivity index (χ1v) is 9.84. The third-order valence-electron chi connectivity index (χ3n) is 5.20. The Labute approximate surface area is 157 Å². The topological polar surface area (TPSA) is 52.7 Å². The van der Waals surface area contributed by atoms with Crippen LogP contribution < -0.4 is 5.32 Å². The fraction of sp³-hybridized carbons (Fsp3) is 0.619. The van der Waals surface area contributed by atoms with Crippen LogP contribution in [-0.4, -0.2) is 54.3 Å². The van der Waals surface area contributed by atoms with Crippen molar-refractivity contribution in [2.75, 3.05) is 32.0 Å². The monoisotopic (exact) mass is 359 g/mol. The highest BCUT2D eigenvalue weighted by molar-refractivity contribution is 5.93. The van der Waals surface area contributed by atoms with E-state index in [4.69, 9.17) is 0 Å². The second-order valence-electron chi connectivity index (χ2n) is 7.37. The first-order chi connectivity index (χ1) is 12.5. The molecular formula is C21H33N3O2. The molecule has 1 aliphatic rings. The van der Waals surface area contributed by atoms with Gasteiger partial charge in [-0.3, -0.25) is 14.5 Å². The Balaban J connectivity index is 1.89. The van der Waals surface area contributed by atoms with Gasteiger partial charge in [-0.05, 0) is 44.4 Å². The van der Waals surface area contributed by atoms with Crippen LogP contribution in [0.15, 0.2) is 24.3 Å². The third-order valence-corrected chi connectivity index (χ3v) is 5.20. The molecule has 5 nitrogen and oxygen atoms in total. The number of rotatable bonds is 8. The van der Waals surface area contributed by atoms with Gasteiger partial charge in [0.05, 0.1) is 13.1 Å². The van der Waals surface area contributed by atoms with Gasteiger partial charge in [-0.2, -0.15) is 0 Å². The van der Waals surface area contributed by atoms with E-state index < -0.39 is 0 Å². The number of para-hydroxylation sites is 1. The maximum atomic E-state index is 12.7. The number of nitrogens with zero attached hydrogens (tertiary/aromatic N) is 2. The first kappa shape index (κ1) is 20.4. The second-order valence-corrected chi connectivity index (χ2v) is 7.37. The van der Waals surface area contributed by atoms with Crippen LogP contribution in [0.25, 0.3) is 0 Å². The number of likely N-dealkylation sites (N-methyl/N-ethyl adjacent to an activating group) is 1. The van der Waals surface area contributed by atoms with Gasteiger partial charge < -0.3 is 10.2 Å². The molecule has 1 aromatic carbocycles. The van der Waals surface area contributed by atoms with Gasteiger partial charge in [0, 0.05) is 18.8 Å². The number of hydrogen-bond donors (Lipinski definition) is 1. The maximum Gasteiger partial charge on any atom is 0.238 e. The summed E-state index contributed by atoms with van der Waals surface area (Å²) in [5.41, 5.74) is 1.87. The van der Waals surface area contributed by atoms with Crippen molar-refractivity contribution in [3.05, 3.63) is 29.8 Å². The molecule has 1 aromatic rings. The highest BCUT2D eigenvalue weighted by Crippen LogP contribution is 2.21. The number of nitrogens with one attached hydrogen (secondary N) is 1. The highest BCUT2D eigenvalue weighted by atomic mass is 16.2. The van der Waals surface area contributed by atoms with Gasteiger partial charge in [-0.15, -0.1) is 0 Å². The summed E-state index contributed by atoms with van der Waals surface area (Å²) in [6.07, 6.45) is 6.81. The lowest BCUT2D eigenvalue weighted by Crippen LogP contribution is -2.46. The molecule has 2 amide bonds. The summed E-state index contributed by atoms with van der Waals surface area (Å²) in [7, 11) is 1.91. The van der Waals surface area contributed by atoms with Crippen LogP contribution in [0.5, 0.6) is 0 Å². The zero-order valence-electron chi connectivity index (χ0n) is 16.5. The zero-order valence-corrected chi connectivity index (χ0v) is 16.5. The number of anilines is 1. The maximum absolute atomic E-state index is 12.7. The third kappa shape index (κ3) is 6.13. The summed E-state index contributed by atoms with van der Waals surface area (Å²) < 4.78 is 0. The quantitative estimate of drug-likeness (QED) is 0.774. The Morgan fingerprint density at radius 1 is 1.12 bits per heavy atom. The minimum atomic E-state index is -0.0686. The van der Waals surface area contributed by atoms with Gasteiger partial charge in [-0.25, -0.2) is 0 Å². The second kappa shape index (κ2) is 10.3. The lowest BCUT2D eigenvalue weighted by Gasteiger charge is -2.33. The zero-order chi connectivity index (χ0) is 18.9. The summed E-state index contributed by atoms with van der Waals surface area (Å²) in [6.45, 7) is 5.34. The van der Waals surface area contributed by atoms with Gasteiger partial charge in [-0.1, -0.05) is 44.4 Å². The van der Waals surface area contributed by atoms with Gasteiger partial charge in [0.2, 0.25) is 11.8 Å². The van der Waals surface area contributed by atoms with Crippen molar-refractivity contribution in [1.29, 1.82) is 0 Å². The van der Waals surface area contributed by atoms with Crippen molar-refractivity contribution in [3.8, 4) is 0 Å². The normalized spacial score (nSPS) is 15.1. The fourth-order valence-electron chi connectivity index (χ4n) is 3.61. The number of benzene rings is 1. The van der Waals surface area contributed by atoms with E-state index in [0.717, 1.165) is 37.1 Å². The number of hydrogen-bond acceptors (Lipinski definition) is 3. The summed E-state index contributed by atoms with van der Waals surface area (Å²) in [6, 6.07) is 8.10. The molecule has 0 aromatic heterocycles. The Morgan fingerprint density at radius 3 is 2.46 bits per heavy atom. The lowest BCUT2D eigenvalue weighted by molar-refractivity contribution is -0.134. The van der Waals surface area contributed by atoms with Crippen LogP contribution in [0.3, 0.4) is 0 Å². The van der Waals surface area contributed by atoms with Crippen molar-refractivity contribution < 1.29 is 9.59 Å². The number of aryl methyl sites for hydroxylation is 1. The number of carbonyl (C=O) groups excluding carboxylic acids is 2. The molecule has 144 valence electrons. The molecule has 26 heavy (non-hydrogen) atoms. The van der Waals surface area contributed by atoms with Crippen LogP contribution in [-0.2, 0) is 9.59 Å². The summed E-state index contributed by atoms with van der Waals surface area (Å²) in [5.74, 6) is 0.0508. The molecule has 0 aliphatic heterocycles. The Hall–Kier alpha value is -1.88. The van der Waals surface area contributed by atoms with Crippen molar-refractivity contribution in [3.63, 3.8) is 0 Å². The minimum Gasteiger partial charge on any atom is -0.342 e. The SMILES string of the molecule is CCCN(CC(=O)Nc1ccccc1C)CC(=O)N(C)C1CCCCC1. The smallest absolute Gasteiger partial charge is 0.238 e. The van der Waals surface area contributed by atoms with Crippen molar-refractivity contribution >= 4 is 17.5 Å². The predicted molar refractivity (Wildman–Crippen MR) is 106 cm³/mol. The molecule has 0 atom stereocenters. The summed E-state index contributed by atoms with van der Waals surface area (Å²) >= 11 is 0. The van der Waals surface area contributed by atoms with E-state index in [1.165, 1.54) is 19.3 Å². The lowest BCUT2D eigenvalue weighted by atomic mass is 9.94. The average molecular weight is 360 g/mol. The fourth-order valence-corrected chi connectivity index (χ4v) is 3.61. The van der Waals surface area contributed by atoms with Gasteiger partial charge in [0.25, 0.3) is 0 Å². The van der Waals surface area contributed by atoms with Crippen LogP contribution in [0.1, 0.15) is 51.0 Å². The summed E-state index contributed by atoms with van der Waals surface area (Å²) in [4.78, 5) is 29.0. The standard InChI is InChI=1S/C21H33N3O2/c1-4-14-24(15-20(25)22-19-13-9-8-10-17(19)2)16-21(26)23(3)18-11-6-5-7-12-18/h8-10,13,18H,4-7,11-12,14-16H2,1-3H3,(H,22,25). The van der Waals surface area contributed by atoms with E-state index in [9.17, 15) is 9.59 Å². The van der Waals surface area contributed by atoms with E-state index in [2.05, 4.69) is 12.2 Å². The van der Waals surface area contributed by atoms with Crippen LogP contribution in [0, 0.1) is 6.92 Å². The molecule has 0 radical (unpaired) electrons. The molecular weight excluding hydrogens is 326 g/mol. The minimum absolute atomic E-state index is 0.0686. The average Bonchev–Trinajstić information content (AvgIpc) is 2.64. The predicted octanol–water partition coefficient (Wildman–Crippen LogP) is 3.44. The molecule has 0 spiro atoms. The Morgan fingerprint density at radius 2 is 1.81 bits per heavy atom. The van der Waals surface area contributed by atoms with Crippen molar-refractivity contribution in [2.45, 2.75) is 58.4 Å². The molecule has 0 heterocycles. The first-order valence-electron chi connectivity index (χ1n) is 9.84. The van der Waals surface area contributed by atoms with Crippen molar-refractivity contribution in [2.24, 2.45) is 0 Å². The molecule has 0 unspecified atom stereocenters. The van der Waals surface area contributed by atoms with Gasteiger partial charge in [0.15, 0.2) is 0 Å². The number of amides is 2. The molecule has 2 rings (SSSR count). The Bertz CT molecular complexity index is 597. The molecule has 1 aliphatic carbocycles. The summed E-state index contributed by atoms with van der Waals surface area (Å²) in [5, 5.41) is 2.96. The van der Waals surface area contributed by atoms with E-state index in [1.54, 1.807) is 0 Å². The molecule has 5 heteroatoms. The highest BCUT2D eigenvalue weighted by Gasteiger charge is 2.24. The molecule has 0 saturated heterocycles. The van der Waals surface area contributed by atoms with E-state index >= 15 is 0 Å². The van der Waals surface area contributed by atoms with Crippen molar-refractivity contribution in [1.82, 2.24) is 9.80 Å². The Kier molecular flexibility index (Phi) is 8.10. The molecule has 1 saturated carbocycles.